The van der Waals surface area contributed by atoms with Gasteiger partial charge in [0.05, 0.1) is 0 Å². The van der Waals surface area contributed by atoms with Crippen molar-refractivity contribution in [3.8, 4) is 34.1 Å². The minimum Gasteiger partial charge on any atom is -0.453 e. The molecule has 2 aliphatic rings. The third-order valence-electron chi connectivity index (χ3n) is 5.94. The van der Waals surface area contributed by atoms with Gasteiger partial charge in [-0.1, -0.05) is 60.7 Å². The molecule has 0 aromatic heterocycles. The number of benzene rings is 4. The Kier molecular flexibility index (Phi) is 3.70. The van der Waals surface area contributed by atoms with Crippen LogP contribution in [0.5, 0.6) is 23.0 Å². The SMILES string of the molecule is c1ccc(Oc2c3c(c4c(c2Oc2ccccc2)-c2ccccc2C4)CC3)cc1. The van der Waals surface area contributed by atoms with Crippen LogP contribution in [0, 0.1) is 0 Å². The Morgan fingerprint density at radius 2 is 1.10 bits per heavy atom. The van der Waals surface area contributed by atoms with Crippen LogP contribution in [0.15, 0.2) is 84.9 Å². The summed E-state index contributed by atoms with van der Waals surface area (Å²) in [5.74, 6) is 3.39. The number of hydrogen-bond acceptors (Lipinski definition) is 2. The van der Waals surface area contributed by atoms with Gasteiger partial charge in [-0.15, -0.1) is 0 Å². The van der Waals surface area contributed by atoms with Crippen LogP contribution in [-0.4, -0.2) is 0 Å². The molecule has 0 heterocycles. The van der Waals surface area contributed by atoms with Crippen molar-refractivity contribution in [3.05, 3.63) is 107 Å². The van der Waals surface area contributed by atoms with E-state index in [2.05, 4.69) is 24.3 Å². The highest BCUT2D eigenvalue weighted by Crippen LogP contribution is 2.55. The fourth-order valence-corrected chi connectivity index (χ4v) is 4.50. The van der Waals surface area contributed by atoms with E-state index < -0.39 is 0 Å². The van der Waals surface area contributed by atoms with Gasteiger partial charge in [-0.2, -0.15) is 0 Å². The molecule has 0 aliphatic heterocycles. The third-order valence-corrected chi connectivity index (χ3v) is 5.94. The maximum absolute atomic E-state index is 6.53. The first-order chi connectivity index (χ1) is 14.4. The van der Waals surface area contributed by atoms with Crippen LogP contribution in [0.25, 0.3) is 11.1 Å². The Labute approximate surface area is 170 Å². The fourth-order valence-electron chi connectivity index (χ4n) is 4.50. The van der Waals surface area contributed by atoms with Crippen LogP contribution in [0.1, 0.15) is 22.3 Å². The van der Waals surface area contributed by atoms with E-state index in [0.29, 0.717) is 0 Å². The summed E-state index contributed by atoms with van der Waals surface area (Å²) in [5, 5.41) is 0. The molecule has 2 nitrogen and oxygen atoms in total. The number of ether oxygens (including phenoxy) is 2. The van der Waals surface area contributed by atoms with E-state index in [1.807, 2.05) is 60.7 Å². The van der Waals surface area contributed by atoms with Crippen molar-refractivity contribution in [2.75, 3.05) is 0 Å². The minimum absolute atomic E-state index is 0.830. The molecule has 4 aromatic carbocycles. The molecule has 4 aromatic rings. The highest BCUT2D eigenvalue weighted by atomic mass is 16.5. The largest absolute Gasteiger partial charge is 0.453 e. The van der Waals surface area contributed by atoms with Gasteiger partial charge in [-0.05, 0) is 65.8 Å². The van der Waals surface area contributed by atoms with Crippen LogP contribution < -0.4 is 9.47 Å². The van der Waals surface area contributed by atoms with Crippen molar-refractivity contribution in [3.63, 3.8) is 0 Å². The van der Waals surface area contributed by atoms with Crippen molar-refractivity contribution in [2.45, 2.75) is 19.3 Å². The van der Waals surface area contributed by atoms with Crippen LogP contribution in [-0.2, 0) is 19.3 Å². The summed E-state index contributed by atoms with van der Waals surface area (Å²) in [5.41, 5.74) is 7.99. The van der Waals surface area contributed by atoms with Crippen LogP contribution in [0.2, 0.25) is 0 Å². The molecule has 0 radical (unpaired) electrons. The standard InChI is InChI=1S/C27H20O2/c1-3-10-19(11-4-1)28-26-23-16-15-22(23)24-17-18-9-7-8-14-21(18)25(24)27(26)29-20-12-5-2-6-13-20/h1-14H,15-17H2. The van der Waals surface area contributed by atoms with Crippen LogP contribution >= 0.6 is 0 Å². The second-order valence-corrected chi connectivity index (χ2v) is 7.63. The predicted octanol–water partition coefficient (Wildman–Crippen LogP) is 6.94. The Bertz CT molecular complexity index is 1210. The van der Waals surface area contributed by atoms with Gasteiger partial charge in [-0.3, -0.25) is 0 Å². The molecule has 2 heteroatoms. The summed E-state index contributed by atoms with van der Waals surface area (Å²) < 4.78 is 13.0. The van der Waals surface area contributed by atoms with Gasteiger partial charge >= 0.3 is 0 Å². The van der Waals surface area contributed by atoms with Gasteiger partial charge in [0.1, 0.15) is 11.5 Å². The summed E-state index contributed by atoms with van der Waals surface area (Å²) in [6.45, 7) is 0. The number of fused-ring (bicyclic) bond motifs is 5. The van der Waals surface area contributed by atoms with E-state index in [9.17, 15) is 0 Å². The number of para-hydroxylation sites is 2. The second-order valence-electron chi connectivity index (χ2n) is 7.63. The first-order valence-corrected chi connectivity index (χ1v) is 10.1. The first-order valence-electron chi connectivity index (χ1n) is 10.1. The summed E-state index contributed by atoms with van der Waals surface area (Å²) in [4.78, 5) is 0. The van der Waals surface area contributed by atoms with Crippen molar-refractivity contribution in [1.29, 1.82) is 0 Å². The lowest BCUT2D eigenvalue weighted by Gasteiger charge is -2.29. The van der Waals surface area contributed by atoms with E-state index in [1.165, 1.54) is 33.4 Å². The molecule has 0 fully saturated rings. The lowest BCUT2D eigenvalue weighted by molar-refractivity contribution is 0.411. The molecule has 0 unspecified atom stereocenters. The van der Waals surface area contributed by atoms with E-state index >= 15 is 0 Å². The molecule has 140 valence electrons. The smallest absolute Gasteiger partial charge is 0.178 e. The Morgan fingerprint density at radius 1 is 0.517 bits per heavy atom. The van der Waals surface area contributed by atoms with E-state index in [1.54, 1.807) is 0 Å². The molecule has 0 spiro atoms. The zero-order valence-electron chi connectivity index (χ0n) is 16.0. The molecule has 0 saturated carbocycles. The Hall–Kier alpha value is -3.52. The van der Waals surface area contributed by atoms with Crippen molar-refractivity contribution >= 4 is 0 Å². The molecule has 0 saturated heterocycles. The lowest BCUT2D eigenvalue weighted by atomic mass is 9.81. The summed E-state index contributed by atoms with van der Waals surface area (Å²) in [7, 11) is 0. The average Bonchev–Trinajstić information content (AvgIpc) is 3.10. The normalized spacial score (nSPS) is 13.1. The molecular weight excluding hydrogens is 356 g/mol. The quantitative estimate of drug-likeness (QED) is 0.338. The van der Waals surface area contributed by atoms with Gasteiger partial charge in [0.2, 0.25) is 0 Å². The predicted molar refractivity (Wildman–Crippen MR) is 115 cm³/mol. The highest BCUT2D eigenvalue weighted by molar-refractivity contribution is 5.87. The second kappa shape index (κ2) is 6.52. The van der Waals surface area contributed by atoms with Crippen LogP contribution in [0.3, 0.4) is 0 Å². The van der Waals surface area contributed by atoms with Gasteiger partial charge in [-0.25, -0.2) is 0 Å². The van der Waals surface area contributed by atoms with E-state index in [-0.39, 0.29) is 0 Å². The van der Waals surface area contributed by atoms with Gasteiger partial charge in [0.15, 0.2) is 11.5 Å². The monoisotopic (exact) mass is 376 g/mol. The maximum Gasteiger partial charge on any atom is 0.178 e. The summed E-state index contributed by atoms with van der Waals surface area (Å²) >= 11 is 0. The minimum atomic E-state index is 0.830. The van der Waals surface area contributed by atoms with Crippen molar-refractivity contribution in [2.24, 2.45) is 0 Å². The molecule has 0 amide bonds. The van der Waals surface area contributed by atoms with Gasteiger partial charge < -0.3 is 9.47 Å². The molecule has 6 rings (SSSR count). The average molecular weight is 376 g/mol. The Morgan fingerprint density at radius 3 is 1.76 bits per heavy atom. The summed E-state index contributed by atoms with van der Waals surface area (Å²) in [6.07, 6.45) is 3.12. The zero-order chi connectivity index (χ0) is 19.2. The van der Waals surface area contributed by atoms with Crippen LogP contribution in [0.4, 0.5) is 0 Å². The highest BCUT2D eigenvalue weighted by Gasteiger charge is 2.35. The van der Waals surface area contributed by atoms with E-state index in [0.717, 1.165) is 42.3 Å². The number of hydrogen-bond donors (Lipinski definition) is 0. The number of rotatable bonds is 4. The fraction of sp³-hybridized carbons (Fsp3) is 0.111. The molecule has 0 N–H and O–H groups in total. The lowest BCUT2D eigenvalue weighted by Crippen LogP contribution is -2.14. The first kappa shape index (κ1) is 16.4. The van der Waals surface area contributed by atoms with Crippen molar-refractivity contribution < 1.29 is 9.47 Å². The third kappa shape index (κ3) is 2.64. The van der Waals surface area contributed by atoms with Crippen molar-refractivity contribution in [1.82, 2.24) is 0 Å². The zero-order valence-corrected chi connectivity index (χ0v) is 16.0. The molecule has 2 aliphatic carbocycles. The molecule has 29 heavy (non-hydrogen) atoms. The summed E-state index contributed by atoms with van der Waals surface area (Å²) in [6, 6.07) is 28.7. The molecule has 0 atom stereocenters. The van der Waals surface area contributed by atoms with Gasteiger partial charge in [0.25, 0.3) is 0 Å². The Balaban J connectivity index is 1.59. The molecule has 0 bridgehead atoms. The maximum atomic E-state index is 6.53. The topological polar surface area (TPSA) is 18.5 Å². The van der Waals surface area contributed by atoms with Gasteiger partial charge in [0, 0.05) is 11.1 Å². The van der Waals surface area contributed by atoms with E-state index in [4.69, 9.17) is 9.47 Å². The molecular formula is C27H20O2.